The van der Waals surface area contributed by atoms with Gasteiger partial charge in [-0.2, -0.15) is 0 Å². The Hall–Kier alpha value is -1.68. The second-order valence-corrected chi connectivity index (χ2v) is 5.79. The van der Waals surface area contributed by atoms with Gasteiger partial charge in [-0.25, -0.2) is 5.43 Å². The maximum Gasteiger partial charge on any atom is 0.0515 e. The molecule has 21 heavy (non-hydrogen) atoms. The van der Waals surface area contributed by atoms with E-state index < -0.39 is 0 Å². The van der Waals surface area contributed by atoms with Gasteiger partial charge in [0.1, 0.15) is 0 Å². The van der Waals surface area contributed by atoms with Crippen molar-refractivity contribution in [1.82, 2.24) is 16.2 Å². The van der Waals surface area contributed by atoms with Crippen LogP contribution in [0.1, 0.15) is 22.7 Å². The molecular formula is C18H23N3. The smallest absolute Gasteiger partial charge is 0.0515 e. The molecule has 2 aromatic rings. The molecule has 3 nitrogen and oxygen atoms in total. The molecular weight excluding hydrogens is 258 g/mol. The molecule has 0 radical (unpaired) electrons. The number of hydrazine groups is 1. The highest BCUT2D eigenvalue weighted by Crippen LogP contribution is 2.24. The van der Waals surface area contributed by atoms with Crippen LogP contribution in [0.4, 0.5) is 0 Å². The van der Waals surface area contributed by atoms with Gasteiger partial charge in [-0.3, -0.25) is 5.43 Å². The van der Waals surface area contributed by atoms with Gasteiger partial charge in [0, 0.05) is 25.6 Å². The van der Waals surface area contributed by atoms with Crippen LogP contribution in [0, 0.1) is 12.8 Å². The number of rotatable bonds is 5. The highest BCUT2D eigenvalue weighted by atomic mass is 15.4. The second kappa shape index (κ2) is 6.85. The molecule has 0 amide bonds. The van der Waals surface area contributed by atoms with Crippen LogP contribution in [0.15, 0.2) is 54.6 Å². The first kappa shape index (κ1) is 14.3. The zero-order chi connectivity index (χ0) is 14.5. The van der Waals surface area contributed by atoms with E-state index in [0.29, 0.717) is 12.0 Å². The Bertz CT molecular complexity index is 550. The second-order valence-electron chi connectivity index (χ2n) is 5.79. The maximum atomic E-state index is 3.57. The minimum absolute atomic E-state index is 0.383. The zero-order valence-electron chi connectivity index (χ0n) is 12.5. The molecule has 1 saturated heterocycles. The molecule has 1 heterocycles. The summed E-state index contributed by atoms with van der Waals surface area (Å²) in [6, 6.07) is 19.8. The summed E-state index contributed by atoms with van der Waals surface area (Å²) in [5.41, 5.74) is 10.7. The van der Waals surface area contributed by atoms with Crippen molar-refractivity contribution in [2.75, 3.05) is 13.1 Å². The molecule has 110 valence electrons. The van der Waals surface area contributed by atoms with Crippen LogP contribution in [-0.2, 0) is 6.54 Å². The van der Waals surface area contributed by atoms with E-state index in [2.05, 4.69) is 77.7 Å². The lowest BCUT2D eigenvalue weighted by atomic mass is 9.94. The predicted molar refractivity (Wildman–Crippen MR) is 86.7 cm³/mol. The van der Waals surface area contributed by atoms with E-state index in [9.17, 15) is 0 Å². The summed E-state index contributed by atoms with van der Waals surface area (Å²) in [7, 11) is 0. The molecule has 2 atom stereocenters. The van der Waals surface area contributed by atoms with Crippen LogP contribution < -0.4 is 16.2 Å². The Morgan fingerprint density at radius 1 is 1.05 bits per heavy atom. The van der Waals surface area contributed by atoms with E-state index in [1.807, 2.05) is 0 Å². The van der Waals surface area contributed by atoms with Crippen molar-refractivity contribution in [2.45, 2.75) is 19.5 Å². The van der Waals surface area contributed by atoms with Crippen LogP contribution in [-0.4, -0.2) is 13.1 Å². The van der Waals surface area contributed by atoms with Crippen LogP contribution >= 0.6 is 0 Å². The standard InChI is InChI=1S/C18H23N3/c1-14-7-9-16(10-8-14)18-17(13-20-21-18)12-19-11-15-5-3-2-4-6-15/h2-10,17-21H,11-13H2,1H3. The molecule has 0 saturated carbocycles. The first-order valence-electron chi connectivity index (χ1n) is 7.62. The molecule has 1 fully saturated rings. The van der Waals surface area contributed by atoms with Gasteiger partial charge in [0.2, 0.25) is 0 Å². The third kappa shape index (κ3) is 3.70. The fourth-order valence-corrected chi connectivity index (χ4v) is 2.85. The summed E-state index contributed by atoms with van der Waals surface area (Å²) in [5, 5.41) is 3.57. The molecule has 2 unspecified atom stereocenters. The minimum atomic E-state index is 0.383. The Morgan fingerprint density at radius 2 is 1.81 bits per heavy atom. The van der Waals surface area contributed by atoms with Crippen molar-refractivity contribution in [3.8, 4) is 0 Å². The molecule has 1 aliphatic rings. The van der Waals surface area contributed by atoms with Crippen LogP contribution in [0.3, 0.4) is 0 Å². The van der Waals surface area contributed by atoms with Crippen LogP contribution in [0.5, 0.6) is 0 Å². The lowest BCUT2D eigenvalue weighted by Gasteiger charge is -2.19. The molecule has 3 rings (SSSR count). The van der Waals surface area contributed by atoms with Gasteiger partial charge in [0.15, 0.2) is 0 Å². The maximum absolute atomic E-state index is 3.57. The normalized spacial score (nSPS) is 21.6. The number of hydrogen-bond donors (Lipinski definition) is 3. The third-order valence-corrected chi connectivity index (χ3v) is 4.11. The van der Waals surface area contributed by atoms with Crippen molar-refractivity contribution in [3.05, 3.63) is 71.3 Å². The van der Waals surface area contributed by atoms with Crippen molar-refractivity contribution in [3.63, 3.8) is 0 Å². The van der Waals surface area contributed by atoms with Crippen molar-refractivity contribution >= 4 is 0 Å². The largest absolute Gasteiger partial charge is 0.312 e. The molecule has 3 heteroatoms. The number of hydrogen-bond acceptors (Lipinski definition) is 3. The van der Waals surface area contributed by atoms with Gasteiger partial charge in [-0.15, -0.1) is 0 Å². The van der Waals surface area contributed by atoms with Gasteiger partial charge in [-0.05, 0) is 18.1 Å². The Balaban J connectivity index is 1.56. The van der Waals surface area contributed by atoms with E-state index in [-0.39, 0.29) is 0 Å². The molecule has 0 spiro atoms. The van der Waals surface area contributed by atoms with E-state index in [1.54, 1.807) is 0 Å². The Labute approximate surface area is 126 Å². The van der Waals surface area contributed by atoms with Crippen molar-refractivity contribution in [2.24, 2.45) is 5.92 Å². The topological polar surface area (TPSA) is 36.1 Å². The predicted octanol–water partition coefficient (Wildman–Crippen LogP) is 2.55. The summed E-state index contributed by atoms with van der Waals surface area (Å²) in [6.07, 6.45) is 0. The fourth-order valence-electron chi connectivity index (χ4n) is 2.85. The SMILES string of the molecule is Cc1ccc(C2NNCC2CNCc2ccccc2)cc1. The number of aryl methyl sites for hydroxylation is 1. The highest BCUT2D eigenvalue weighted by Gasteiger charge is 2.27. The zero-order valence-corrected chi connectivity index (χ0v) is 12.5. The van der Waals surface area contributed by atoms with Gasteiger partial charge in [0.25, 0.3) is 0 Å². The molecule has 3 N–H and O–H groups in total. The van der Waals surface area contributed by atoms with Gasteiger partial charge in [0.05, 0.1) is 6.04 Å². The fraction of sp³-hybridized carbons (Fsp3) is 0.333. The number of benzene rings is 2. The number of nitrogens with one attached hydrogen (secondary N) is 3. The van der Waals surface area contributed by atoms with Crippen LogP contribution in [0.2, 0.25) is 0 Å². The Morgan fingerprint density at radius 3 is 2.57 bits per heavy atom. The van der Waals surface area contributed by atoms with Gasteiger partial charge >= 0.3 is 0 Å². The first-order valence-corrected chi connectivity index (χ1v) is 7.62. The monoisotopic (exact) mass is 281 g/mol. The average Bonchev–Trinajstić information content (AvgIpc) is 2.98. The first-order chi connectivity index (χ1) is 10.3. The summed E-state index contributed by atoms with van der Waals surface area (Å²) < 4.78 is 0. The van der Waals surface area contributed by atoms with E-state index in [1.165, 1.54) is 16.7 Å². The van der Waals surface area contributed by atoms with E-state index >= 15 is 0 Å². The van der Waals surface area contributed by atoms with Crippen LogP contribution in [0.25, 0.3) is 0 Å². The van der Waals surface area contributed by atoms with Crippen molar-refractivity contribution in [1.29, 1.82) is 0 Å². The molecule has 2 aromatic carbocycles. The van der Waals surface area contributed by atoms with Gasteiger partial charge < -0.3 is 5.32 Å². The van der Waals surface area contributed by atoms with E-state index in [0.717, 1.165) is 19.6 Å². The quantitative estimate of drug-likeness (QED) is 0.788. The average molecular weight is 281 g/mol. The molecule has 0 aromatic heterocycles. The molecule has 0 aliphatic carbocycles. The van der Waals surface area contributed by atoms with Crippen molar-refractivity contribution < 1.29 is 0 Å². The summed E-state index contributed by atoms with van der Waals surface area (Å²) >= 11 is 0. The molecule has 1 aliphatic heterocycles. The highest BCUT2D eigenvalue weighted by molar-refractivity contribution is 5.25. The minimum Gasteiger partial charge on any atom is -0.312 e. The van der Waals surface area contributed by atoms with E-state index in [4.69, 9.17) is 0 Å². The lowest BCUT2D eigenvalue weighted by molar-refractivity contribution is 0.441. The summed E-state index contributed by atoms with van der Waals surface area (Å²) in [6.45, 7) is 5.06. The Kier molecular flexibility index (Phi) is 4.65. The summed E-state index contributed by atoms with van der Waals surface area (Å²) in [5.74, 6) is 0.566. The lowest BCUT2D eigenvalue weighted by Crippen LogP contribution is -2.28. The third-order valence-electron chi connectivity index (χ3n) is 4.11. The molecule has 0 bridgehead atoms. The summed E-state index contributed by atoms with van der Waals surface area (Å²) in [4.78, 5) is 0. The van der Waals surface area contributed by atoms with Gasteiger partial charge in [-0.1, -0.05) is 60.2 Å².